The molecule has 0 saturated heterocycles. The van der Waals surface area contributed by atoms with Crippen molar-refractivity contribution < 1.29 is 4.21 Å². The first kappa shape index (κ1) is 18.7. The smallest absolute Gasteiger partial charge is 0.199 e. The van der Waals surface area contributed by atoms with E-state index in [4.69, 9.17) is 16.4 Å². The van der Waals surface area contributed by atoms with E-state index in [0.29, 0.717) is 16.4 Å². The second kappa shape index (κ2) is 6.05. The number of benzene rings is 1. The standard InChI is InChI=1S/C18H23ClN2O2S/c1-10-7-13(18(3,4)5)14(19)8-12(10)15-9-16(22)17(11(2)21-15)24(6,20)23/h7-9,20H,1-6H3,(H,21,22). The van der Waals surface area contributed by atoms with Gasteiger partial charge in [0.25, 0.3) is 0 Å². The van der Waals surface area contributed by atoms with E-state index >= 15 is 0 Å². The fourth-order valence-electron chi connectivity index (χ4n) is 2.85. The normalized spacial score (nSPS) is 14.5. The Morgan fingerprint density at radius 1 is 1.17 bits per heavy atom. The fraction of sp³-hybridized carbons (Fsp3) is 0.389. The third-order valence-corrected chi connectivity index (χ3v) is 5.56. The molecule has 0 bridgehead atoms. The molecule has 0 aliphatic carbocycles. The summed E-state index contributed by atoms with van der Waals surface area (Å²) in [5, 5.41) is 0.644. The summed E-state index contributed by atoms with van der Waals surface area (Å²) in [5.74, 6) is 0. The third kappa shape index (κ3) is 3.57. The molecule has 1 unspecified atom stereocenters. The second-order valence-corrected chi connectivity index (χ2v) is 9.74. The Bertz CT molecular complexity index is 968. The van der Waals surface area contributed by atoms with Gasteiger partial charge in [-0.2, -0.15) is 0 Å². The van der Waals surface area contributed by atoms with Crippen molar-refractivity contribution in [1.29, 1.82) is 4.78 Å². The molecule has 2 rings (SSSR count). The van der Waals surface area contributed by atoms with E-state index < -0.39 is 9.73 Å². The van der Waals surface area contributed by atoms with Crippen LogP contribution in [0.3, 0.4) is 0 Å². The topological polar surface area (TPSA) is 73.8 Å². The molecule has 0 saturated carbocycles. The number of rotatable bonds is 2. The van der Waals surface area contributed by atoms with Crippen LogP contribution in [0.15, 0.2) is 27.9 Å². The SMILES string of the molecule is Cc1cc(C(C)(C)C)c(Cl)cc1-c1cc(=O)c(S(C)(=N)=O)c(C)[nH]1. The van der Waals surface area contributed by atoms with Gasteiger partial charge < -0.3 is 4.98 Å². The van der Waals surface area contributed by atoms with Gasteiger partial charge in [-0.05, 0) is 36.5 Å². The lowest BCUT2D eigenvalue weighted by Crippen LogP contribution is -2.16. The minimum atomic E-state index is -3.08. The first-order valence-electron chi connectivity index (χ1n) is 7.61. The van der Waals surface area contributed by atoms with Gasteiger partial charge in [-0.25, -0.2) is 8.99 Å². The van der Waals surface area contributed by atoms with E-state index in [-0.39, 0.29) is 15.7 Å². The lowest BCUT2D eigenvalue weighted by molar-refractivity contribution is 0.590. The van der Waals surface area contributed by atoms with E-state index in [9.17, 15) is 9.00 Å². The second-order valence-electron chi connectivity index (χ2n) is 7.24. The van der Waals surface area contributed by atoms with Crippen LogP contribution in [0, 0.1) is 18.6 Å². The van der Waals surface area contributed by atoms with Crippen molar-refractivity contribution in [3.63, 3.8) is 0 Å². The average Bonchev–Trinajstić information content (AvgIpc) is 2.37. The molecule has 130 valence electrons. The van der Waals surface area contributed by atoms with E-state index in [1.807, 2.05) is 19.1 Å². The van der Waals surface area contributed by atoms with E-state index in [1.54, 1.807) is 6.92 Å². The van der Waals surface area contributed by atoms with Gasteiger partial charge in [0.15, 0.2) is 5.43 Å². The highest BCUT2D eigenvalue weighted by molar-refractivity contribution is 7.91. The molecule has 4 nitrogen and oxygen atoms in total. The van der Waals surface area contributed by atoms with Gasteiger partial charge in [0.05, 0.1) is 9.73 Å². The van der Waals surface area contributed by atoms with Crippen molar-refractivity contribution in [2.24, 2.45) is 0 Å². The van der Waals surface area contributed by atoms with Crippen molar-refractivity contribution >= 4 is 21.3 Å². The summed E-state index contributed by atoms with van der Waals surface area (Å²) in [5.41, 5.74) is 3.47. The Labute approximate surface area is 148 Å². The quantitative estimate of drug-likeness (QED) is 0.812. The minimum Gasteiger partial charge on any atom is -0.357 e. The average molecular weight is 367 g/mol. The fourth-order valence-corrected chi connectivity index (χ4v) is 4.38. The number of aromatic amines is 1. The number of aryl methyl sites for hydroxylation is 2. The van der Waals surface area contributed by atoms with Crippen molar-refractivity contribution in [1.82, 2.24) is 4.98 Å². The van der Waals surface area contributed by atoms with Gasteiger partial charge in [0.2, 0.25) is 0 Å². The summed E-state index contributed by atoms with van der Waals surface area (Å²) in [4.78, 5) is 15.5. The predicted octanol–water partition coefficient (Wildman–Crippen LogP) is 4.65. The minimum absolute atomic E-state index is 0.0290. The molecule has 2 N–H and O–H groups in total. The summed E-state index contributed by atoms with van der Waals surface area (Å²) in [6, 6.07) is 5.29. The molecule has 0 fully saturated rings. The van der Waals surface area contributed by atoms with Gasteiger partial charge in [-0.3, -0.25) is 4.79 Å². The van der Waals surface area contributed by atoms with Crippen molar-refractivity contribution in [3.8, 4) is 11.3 Å². The highest BCUT2D eigenvalue weighted by Gasteiger charge is 2.20. The van der Waals surface area contributed by atoms with Crippen molar-refractivity contribution in [3.05, 3.63) is 50.3 Å². The van der Waals surface area contributed by atoms with Crippen LogP contribution in [0.4, 0.5) is 0 Å². The van der Waals surface area contributed by atoms with Gasteiger partial charge in [-0.15, -0.1) is 0 Å². The van der Waals surface area contributed by atoms with E-state index in [1.165, 1.54) is 12.3 Å². The largest absolute Gasteiger partial charge is 0.357 e. The maximum atomic E-state index is 12.4. The molecular formula is C18H23ClN2O2S. The summed E-state index contributed by atoms with van der Waals surface area (Å²) in [7, 11) is -3.08. The number of hydrogen-bond acceptors (Lipinski definition) is 3. The molecule has 2 aromatic rings. The molecule has 1 aromatic heterocycles. The molecule has 1 heterocycles. The number of H-pyrrole nitrogens is 1. The summed E-state index contributed by atoms with van der Waals surface area (Å²) >= 11 is 6.45. The Morgan fingerprint density at radius 3 is 2.21 bits per heavy atom. The van der Waals surface area contributed by atoms with Crippen LogP contribution in [0.25, 0.3) is 11.3 Å². The van der Waals surface area contributed by atoms with Crippen LogP contribution >= 0.6 is 11.6 Å². The zero-order valence-corrected chi connectivity index (χ0v) is 16.4. The van der Waals surface area contributed by atoms with Crippen LogP contribution in [0.2, 0.25) is 5.02 Å². The number of aromatic nitrogens is 1. The van der Waals surface area contributed by atoms with Crippen LogP contribution in [-0.2, 0) is 15.1 Å². The van der Waals surface area contributed by atoms with Crippen LogP contribution in [0.1, 0.15) is 37.6 Å². The first-order chi connectivity index (χ1) is 10.8. The molecule has 0 aliphatic rings. The lowest BCUT2D eigenvalue weighted by Gasteiger charge is -2.22. The molecule has 24 heavy (non-hydrogen) atoms. The van der Waals surface area contributed by atoms with Crippen LogP contribution in [0.5, 0.6) is 0 Å². The summed E-state index contributed by atoms with van der Waals surface area (Å²) < 4.78 is 19.7. The lowest BCUT2D eigenvalue weighted by atomic mass is 9.85. The van der Waals surface area contributed by atoms with Crippen LogP contribution in [-0.4, -0.2) is 15.4 Å². The molecule has 0 spiro atoms. The highest BCUT2D eigenvalue weighted by Crippen LogP contribution is 2.35. The number of hydrogen-bond donors (Lipinski definition) is 2. The zero-order valence-electron chi connectivity index (χ0n) is 14.8. The van der Waals surface area contributed by atoms with E-state index in [0.717, 1.165) is 16.7 Å². The highest BCUT2D eigenvalue weighted by atomic mass is 35.5. The number of halogens is 1. The Morgan fingerprint density at radius 2 is 1.75 bits per heavy atom. The van der Waals surface area contributed by atoms with Gasteiger partial charge in [0.1, 0.15) is 4.90 Å². The maximum Gasteiger partial charge on any atom is 0.199 e. The van der Waals surface area contributed by atoms with Crippen molar-refractivity contribution in [2.75, 3.05) is 6.26 Å². The van der Waals surface area contributed by atoms with Gasteiger partial charge in [-0.1, -0.05) is 38.4 Å². The molecule has 0 aliphatic heterocycles. The molecule has 1 aromatic carbocycles. The Balaban J connectivity index is 2.71. The third-order valence-electron chi connectivity index (χ3n) is 3.96. The molecule has 0 radical (unpaired) electrons. The number of pyridine rings is 1. The van der Waals surface area contributed by atoms with Gasteiger partial charge in [0, 0.05) is 34.3 Å². The van der Waals surface area contributed by atoms with E-state index in [2.05, 4.69) is 25.8 Å². The maximum absolute atomic E-state index is 12.4. The predicted molar refractivity (Wildman–Crippen MR) is 101 cm³/mol. The molecule has 0 amide bonds. The molecule has 6 heteroatoms. The zero-order chi connectivity index (χ0) is 18.4. The molecule has 1 atom stereocenters. The Hall–Kier alpha value is -1.59. The van der Waals surface area contributed by atoms with Gasteiger partial charge >= 0.3 is 0 Å². The van der Waals surface area contributed by atoms with Crippen molar-refractivity contribution in [2.45, 2.75) is 44.9 Å². The molecular weight excluding hydrogens is 344 g/mol. The summed E-state index contributed by atoms with van der Waals surface area (Å²) in [6.45, 7) is 9.93. The first-order valence-corrected chi connectivity index (χ1v) is 9.95. The Kier molecular flexibility index (Phi) is 4.72. The number of nitrogens with one attached hydrogen (secondary N) is 2. The monoisotopic (exact) mass is 366 g/mol. The van der Waals surface area contributed by atoms with Crippen LogP contribution < -0.4 is 5.43 Å². The summed E-state index contributed by atoms with van der Waals surface area (Å²) in [6.07, 6.45) is 1.25.